The number of halogens is 1. The molecule has 6 heteroatoms. The quantitative estimate of drug-likeness (QED) is 0.928. The van der Waals surface area contributed by atoms with Crippen LogP contribution in [-0.4, -0.2) is 40.1 Å². The Kier molecular flexibility index (Phi) is 4.42. The second-order valence-electron chi connectivity index (χ2n) is 5.36. The van der Waals surface area contributed by atoms with Crippen LogP contribution >= 0.6 is 11.6 Å². The van der Waals surface area contributed by atoms with E-state index in [1.807, 2.05) is 0 Å². The first-order valence-corrected chi connectivity index (χ1v) is 7.20. The average molecular weight is 312 g/mol. The van der Waals surface area contributed by atoms with E-state index in [2.05, 4.69) is 0 Å². The number of hydrogen-bond donors (Lipinski definition) is 1. The molecule has 0 aliphatic carbocycles. The molecular formula is C15H18ClNO4. The summed E-state index contributed by atoms with van der Waals surface area (Å²) in [6, 6.07) is 6.87. The monoisotopic (exact) mass is 311 g/mol. The van der Waals surface area contributed by atoms with Gasteiger partial charge in [0.1, 0.15) is 11.3 Å². The van der Waals surface area contributed by atoms with Gasteiger partial charge in [-0.1, -0.05) is 23.7 Å². The fourth-order valence-corrected chi connectivity index (χ4v) is 2.72. The SMILES string of the molecule is CC(Oc1ccccc1Cl)C(=O)N1CCCC1(C)C(=O)O. The number of aliphatic carboxylic acids is 1. The number of carboxylic acids is 1. The zero-order valence-electron chi connectivity index (χ0n) is 12.0. The highest BCUT2D eigenvalue weighted by molar-refractivity contribution is 6.32. The summed E-state index contributed by atoms with van der Waals surface area (Å²) in [6.07, 6.45) is 0.335. The lowest BCUT2D eigenvalue weighted by molar-refractivity contribution is -0.157. The molecule has 0 bridgehead atoms. The van der Waals surface area contributed by atoms with Crippen LogP contribution in [0.25, 0.3) is 0 Å². The van der Waals surface area contributed by atoms with Crippen molar-refractivity contribution in [1.29, 1.82) is 0 Å². The highest BCUT2D eigenvalue weighted by Gasteiger charge is 2.47. The summed E-state index contributed by atoms with van der Waals surface area (Å²) in [6.45, 7) is 3.60. The third kappa shape index (κ3) is 2.97. The lowest BCUT2D eigenvalue weighted by Gasteiger charge is -2.33. The summed E-state index contributed by atoms with van der Waals surface area (Å²) in [5.74, 6) is -0.910. The van der Waals surface area contributed by atoms with Crippen LogP contribution in [-0.2, 0) is 9.59 Å². The maximum absolute atomic E-state index is 12.5. The Hall–Kier alpha value is -1.75. The third-order valence-electron chi connectivity index (χ3n) is 3.86. The number of rotatable bonds is 4. The second kappa shape index (κ2) is 5.93. The summed E-state index contributed by atoms with van der Waals surface area (Å²) in [5.41, 5.74) is -1.16. The van der Waals surface area contributed by atoms with Crippen LogP contribution in [0.5, 0.6) is 5.75 Å². The summed E-state index contributed by atoms with van der Waals surface area (Å²) in [5, 5.41) is 9.77. The Morgan fingerprint density at radius 2 is 2.10 bits per heavy atom. The van der Waals surface area contributed by atoms with Gasteiger partial charge in [-0.3, -0.25) is 4.79 Å². The minimum Gasteiger partial charge on any atom is -0.480 e. The Bertz CT molecular complexity index is 562. The number of ether oxygens (including phenoxy) is 1. The zero-order valence-corrected chi connectivity index (χ0v) is 12.8. The predicted octanol–water partition coefficient (Wildman–Crippen LogP) is 2.57. The molecule has 1 aliphatic heterocycles. The van der Waals surface area contributed by atoms with Crippen molar-refractivity contribution in [1.82, 2.24) is 4.90 Å². The molecule has 0 aromatic heterocycles. The molecule has 2 atom stereocenters. The molecule has 0 radical (unpaired) electrons. The summed E-state index contributed by atoms with van der Waals surface area (Å²) >= 11 is 6.00. The van der Waals surface area contributed by atoms with Crippen molar-refractivity contribution < 1.29 is 19.4 Å². The maximum atomic E-state index is 12.5. The van der Waals surface area contributed by atoms with Gasteiger partial charge >= 0.3 is 5.97 Å². The molecule has 1 aromatic carbocycles. The number of carbonyl (C=O) groups excluding carboxylic acids is 1. The predicted molar refractivity (Wildman–Crippen MR) is 78.5 cm³/mol. The van der Waals surface area contributed by atoms with Gasteiger partial charge in [0, 0.05) is 6.54 Å². The molecular weight excluding hydrogens is 294 g/mol. The van der Waals surface area contributed by atoms with Crippen LogP contribution in [0, 0.1) is 0 Å². The normalized spacial score (nSPS) is 22.9. The van der Waals surface area contributed by atoms with Crippen LogP contribution in [0.1, 0.15) is 26.7 Å². The summed E-state index contributed by atoms with van der Waals surface area (Å²) in [4.78, 5) is 25.3. The van der Waals surface area contributed by atoms with Crippen LogP contribution in [0.3, 0.4) is 0 Å². The number of carbonyl (C=O) groups is 2. The van der Waals surface area contributed by atoms with Crippen molar-refractivity contribution in [3.8, 4) is 5.75 Å². The van der Waals surface area contributed by atoms with Crippen molar-refractivity contribution in [2.45, 2.75) is 38.3 Å². The first-order valence-electron chi connectivity index (χ1n) is 6.82. The van der Waals surface area contributed by atoms with Crippen LogP contribution < -0.4 is 4.74 Å². The van der Waals surface area contributed by atoms with Gasteiger partial charge in [-0.2, -0.15) is 0 Å². The van der Waals surface area contributed by atoms with Gasteiger partial charge in [0.2, 0.25) is 0 Å². The number of para-hydroxylation sites is 1. The Balaban J connectivity index is 2.13. The van der Waals surface area contributed by atoms with Gasteiger partial charge in [-0.05, 0) is 38.8 Å². The highest BCUT2D eigenvalue weighted by atomic mass is 35.5. The molecule has 114 valence electrons. The summed E-state index contributed by atoms with van der Waals surface area (Å²) < 4.78 is 5.58. The minimum atomic E-state index is -1.16. The van der Waals surface area contributed by atoms with E-state index in [-0.39, 0.29) is 5.91 Å². The molecule has 1 fully saturated rings. The largest absolute Gasteiger partial charge is 0.480 e. The smallest absolute Gasteiger partial charge is 0.329 e. The van der Waals surface area contributed by atoms with E-state index in [4.69, 9.17) is 16.3 Å². The number of amides is 1. The standard InChI is InChI=1S/C15H18ClNO4/c1-10(21-12-7-4-3-6-11(12)16)13(18)17-9-5-8-15(17,2)14(19)20/h3-4,6-7,10H,5,8-9H2,1-2H3,(H,19,20). The molecule has 2 rings (SSSR count). The minimum absolute atomic E-state index is 0.336. The van der Waals surface area contributed by atoms with Crippen molar-refractivity contribution in [3.63, 3.8) is 0 Å². The van der Waals surface area contributed by atoms with Gasteiger partial charge in [-0.25, -0.2) is 4.79 Å². The molecule has 0 spiro atoms. The van der Waals surface area contributed by atoms with Gasteiger partial charge < -0.3 is 14.7 Å². The fraction of sp³-hybridized carbons (Fsp3) is 0.467. The van der Waals surface area contributed by atoms with E-state index in [0.717, 1.165) is 0 Å². The summed E-state index contributed by atoms with van der Waals surface area (Å²) in [7, 11) is 0. The van der Waals surface area contributed by atoms with Crippen molar-refractivity contribution >= 4 is 23.5 Å². The van der Waals surface area contributed by atoms with E-state index in [9.17, 15) is 14.7 Å². The molecule has 1 aliphatic rings. The molecule has 0 saturated carbocycles. The number of benzene rings is 1. The van der Waals surface area contributed by atoms with Gasteiger partial charge in [0.05, 0.1) is 5.02 Å². The molecule has 1 saturated heterocycles. The van der Waals surface area contributed by atoms with Crippen LogP contribution in [0.15, 0.2) is 24.3 Å². The molecule has 2 unspecified atom stereocenters. The molecule has 1 aromatic rings. The van der Waals surface area contributed by atoms with Crippen molar-refractivity contribution in [2.75, 3.05) is 6.54 Å². The van der Waals surface area contributed by atoms with E-state index < -0.39 is 17.6 Å². The Labute approximate surface area is 128 Å². The number of carboxylic acid groups (broad SMARTS) is 1. The first-order chi connectivity index (χ1) is 9.86. The lowest BCUT2D eigenvalue weighted by atomic mass is 9.99. The average Bonchev–Trinajstić information content (AvgIpc) is 2.84. The van der Waals surface area contributed by atoms with Crippen LogP contribution in [0.4, 0.5) is 0 Å². The molecule has 1 N–H and O–H groups in total. The van der Waals surface area contributed by atoms with Crippen molar-refractivity contribution in [2.24, 2.45) is 0 Å². The van der Waals surface area contributed by atoms with Gasteiger partial charge in [0.15, 0.2) is 6.10 Å². The molecule has 21 heavy (non-hydrogen) atoms. The van der Waals surface area contributed by atoms with E-state index in [1.54, 1.807) is 38.1 Å². The molecule has 5 nitrogen and oxygen atoms in total. The third-order valence-corrected chi connectivity index (χ3v) is 4.17. The van der Waals surface area contributed by atoms with Gasteiger partial charge in [0.25, 0.3) is 5.91 Å². The first kappa shape index (κ1) is 15.6. The van der Waals surface area contributed by atoms with Crippen LogP contribution in [0.2, 0.25) is 5.02 Å². The van der Waals surface area contributed by atoms with Gasteiger partial charge in [-0.15, -0.1) is 0 Å². The molecule has 1 heterocycles. The number of likely N-dealkylation sites (tertiary alicyclic amines) is 1. The second-order valence-corrected chi connectivity index (χ2v) is 5.77. The lowest BCUT2D eigenvalue weighted by Crippen LogP contribution is -2.54. The van der Waals surface area contributed by atoms with E-state index in [1.165, 1.54) is 4.90 Å². The maximum Gasteiger partial charge on any atom is 0.329 e. The highest BCUT2D eigenvalue weighted by Crippen LogP contribution is 2.31. The Morgan fingerprint density at radius 3 is 2.71 bits per heavy atom. The fourth-order valence-electron chi connectivity index (χ4n) is 2.54. The Morgan fingerprint density at radius 1 is 1.43 bits per heavy atom. The van der Waals surface area contributed by atoms with E-state index >= 15 is 0 Å². The zero-order chi connectivity index (χ0) is 15.6. The van der Waals surface area contributed by atoms with Crippen molar-refractivity contribution in [3.05, 3.63) is 29.3 Å². The van der Waals surface area contributed by atoms with E-state index in [0.29, 0.717) is 30.2 Å². The number of nitrogens with zero attached hydrogens (tertiary/aromatic N) is 1. The number of hydrogen-bond acceptors (Lipinski definition) is 3. The topological polar surface area (TPSA) is 66.8 Å². The molecule has 1 amide bonds.